The van der Waals surface area contributed by atoms with Crippen LogP contribution in [0.2, 0.25) is 0 Å². The van der Waals surface area contributed by atoms with Crippen LogP contribution in [0.1, 0.15) is 63.4 Å². The van der Waals surface area contributed by atoms with Crippen LogP contribution in [0.25, 0.3) is 0 Å². The molecule has 0 aromatic heterocycles. The van der Waals surface area contributed by atoms with E-state index in [9.17, 15) is 4.39 Å². The van der Waals surface area contributed by atoms with Crippen molar-refractivity contribution < 1.29 is 4.39 Å². The summed E-state index contributed by atoms with van der Waals surface area (Å²) in [6, 6.07) is 7.77. The van der Waals surface area contributed by atoms with Crippen molar-refractivity contribution in [1.82, 2.24) is 5.32 Å². The molecular weight excluding hydrogens is 261 g/mol. The molecule has 0 bridgehead atoms. The van der Waals surface area contributed by atoms with Gasteiger partial charge in [0.15, 0.2) is 0 Å². The summed E-state index contributed by atoms with van der Waals surface area (Å²) in [6.07, 6.45) is 12.5. The van der Waals surface area contributed by atoms with Gasteiger partial charge in [-0.1, -0.05) is 63.1 Å². The second kappa shape index (κ2) is 7.40. The fourth-order valence-corrected chi connectivity index (χ4v) is 4.42. The Bertz CT molecular complexity index is 439. The molecule has 2 heteroatoms. The Morgan fingerprint density at radius 3 is 2.43 bits per heavy atom. The molecule has 0 heterocycles. The Morgan fingerprint density at radius 1 is 0.905 bits per heavy atom. The van der Waals surface area contributed by atoms with Gasteiger partial charge >= 0.3 is 0 Å². The zero-order valence-electron chi connectivity index (χ0n) is 13.0. The third kappa shape index (κ3) is 3.85. The monoisotopic (exact) mass is 289 g/mol. The van der Waals surface area contributed by atoms with E-state index in [2.05, 4.69) is 5.32 Å². The van der Waals surface area contributed by atoms with Gasteiger partial charge in [-0.3, -0.25) is 0 Å². The molecule has 0 radical (unpaired) electrons. The van der Waals surface area contributed by atoms with Crippen LogP contribution in [0.15, 0.2) is 24.3 Å². The molecule has 1 N–H and O–H groups in total. The van der Waals surface area contributed by atoms with Gasteiger partial charge in [0.25, 0.3) is 0 Å². The minimum atomic E-state index is -0.0741. The minimum Gasteiger partial charge on any atom is -0.310 e. The summed E-state index contributed by atoms with van der Waals surface area (Å²) in [7, 11) is 0. The molecule has 1 aromatic carbocycles. The highest BCUT2D eigenvalue weighted by molar-refractivity contribution is 5.17. The molecule has 3 rings (SSSR count). The van der Waals surface area contributed by atoms with E-state index in [4.69, 9.17) is 0 Å². The molecule has 2 fully saturated rings. The summed E-state index contributed by atoms with van der Waals surface area (Å²) in [5.41, 5.74) is 0.811. The average molecular weight is 289 g/mol. The van der Waals surface area contributed by atoms with Crippen LogP contribution in [-0.2, 0) is 6.54 Å². The summed E-state index contributed by atoms with van der Waals surface area (Å²) in [5.74, 6) is 1.66. The molecule has 1 aromatic rings. The smallest absolute Gasteiger partial charge is 0.127 e. The largest absolute Gasteiger partial charge is 0.310 e. The van der Waals surface area contributed by atoms with Crippen LogP contribution in [0.3, 0.4) is 0 Å². The van der Waals surface area contributed by atoms with E-state index < -0.39 is 0 Å². The Kier molecular flexibility index (Phi) is 5.29. The standard InChI is InChI=1S/C19H28FN/c20-18-12-6-4-10-16(18)14-21-19-13-7-5-11-17(19)15-8-2-1-3-9-15/h4,6,10,12,15,17,19,21H,1-3,5,7-9,11,13-14H2. The molecule has 0 aliphatic heterocycles. The SMILES string of the molecule is Fc1ccccc1CNC1CCCCC1C1CCCCC1. The molecule has 1 nitrogen and oxygen atoms in total. The second-order valence-corrected chi connectivity index (χ2v) is 6.93. The van der Waals surface area contributed by atoms with E-state index in [0.717, 1.165) is 17.4 Å². The lowest BCUT2D eigenvalue weighted by Gasteiger charge is -2.39. The molecule has 0 saturated heterocycles. The van der Waals surface area contributed by atoms with Crippen molar-refractivity contribution in [2.75, 3.05) is 0 Å². The zero-order valence-corrected chi connectivity index (χ0v) is 13.0. The van der Waals surface area contributed by atoms with Crippen LogP contribution in [0.5, 0.6) is 0 Å². The number of rotatable bonds is 4. The van der Waals surface area contributed by atoms with Crippen molar-refractivity contribution in [1.29, 1.82) is 0 Å². The van der Waals surface area contributed by atoms with Crippen LogP contribution in [0.4, 0.5) is 4.39 Å². The summed E-state index contributed by atoms with van der Waals surface area (Å²) < 4.78 is 13.8. The fourth-order valence-electron chi connectivity index (χ4n) is 4.42. The van der Waals surface area contributed by atoms with Gasteiger partial charge in [-0.15, -0.1) is 0 Å². The van der Waals surface area contributed by atoms with E-state index in [1.54, 1.807) is 12.1 Å². The van der Waals surface area contributed by atoms with Gasteiger partial charge in [-0.25, -0.2) is 4.39 Å². The van der Waals surface area contributed by atoms with Crippen molar-refractivity contribution in [3.05, 3.63) is 35.6 Å². The lowest BCUT2D eigenvalue weighted by atomic mass is 9.71. The van der Waals surface area contributed by atoms with Gasteiger partial charge in [-0.05, 0) is 30.7 Å². The molecule has 2 aliphatic carbocycles. The lowest BCUT2D eigenvalue weighted by Crippen LogP contribution is -2.42. The lowest BCUT2D eigenvalue weighted by molar-refractivity contribution is 0.149. The van der Waals surface area contributed by atoms with Gasteiger partial charge in [0.1, 0.15) is 5.82 Å². The Balaban J connectivity index is 1.60. The van der Waals surface area contributed by atoms with Crippen LogP contribution in [-0.4, -0.2) is 6.04 Å². The van der Waals surface area contributed by atoms with Gasteiger partial charge in [-0.2, -0.15) is 0 Å². The number of nitrogens with one attached hydrogen (secondary N) is 1. The summed E-state index contributed by atoms with van der Waals surface area (Å²) >= 11 is 0. The molecule has 2 atom stereocenters. The number of benzene rings is 1. The van der Waals surface area contributed by atoms with Crippen molar-refractivity contribution in [3.8, 4) is 0 Å². The quantitative estimate of drug-likeness (QED) is 0.817. The first-order chi connectivity index (χ1) is 10.3. The first-order valence-corrected chi connectivity index (χ1v) is 8.81. The van der Waals surface area contributed by atoms with Crippen molar-refractivity contribution in [3.63, 3.8) is 0 Å². The van der Waals surface area contributed by atoms with Gasteiger partial charge in [0.2, 0.25) is 0 Å². The number of hydrogen-bond donors (Lipinski definition) is 1. The predicted octanol–water partition coefficient (Wildman–Crippen LogP) is 5.05. The zero-order chi connectivity index (χ0) is 14.5. The van der Waals surface area contributed by atoms with Gasteiger partial charge in [0, 0.05) is 18.2 Å². The molecule has 0 amide bonds. The fraction of sp³-hybridized carbons (Fsp3) is 0.684. The maximum absolute atomic E-state index is 13.8. The van der Waals surface area contributed by atoms with E-state index in [1.807, 2.05) is 12.1 Å². The Morgan fingerprint density at radius 2 is 1.62 bits per heavy atom. The highest BCUT2D eigenvalue weighted by atomic mass is 19.1. The third-order valence-corrected chi connectivity index (χ3v) is 5.59. The predicted molar refractivity (Wildman–Crippen MR) is 85.6 cm³/mol. The Hall–Kier alpha value is -0.890. The summed E-state index contributed by atoms with van der Waals surface area (Å²) in [4.78, 5) is 0. The van der Waals surface area contributed by atoms with Crippen molar-refractivity contribution in [2.24, 2.45) is 11.8 Å². The molecule has 21 heavy (non-hydrogen) atoms. The summed E-state index contributed by atoms with van der Waals surface area (Å²) in [5, 5.41) is 3.69. The van der Waals surface area contributed by atoms with Crippen LogP contribution < -0.4 is 5.32 Å². The molecular formula is C19H28FN. The molecule has 2 saturated carbocycles. The minimum absolute atomic E-state index is 0.0741. The average Bonchev–Trinajstić information content (AvgIpc) is 2.55. The first-order valence-electron chi connectivity index (χ1n) is 8.81. The molecule has 2 unspecified atom stereocenters. The maximum Gasteiger partial charge on any atom is 0.127 e. The molecule has 0 spiro atoms. The van der Waals surface area contributed by atoms with Crippen LogP contribution >= 0.6 is 0 Å². The van der Waals surface area contributed by atoms with Gasteiger partial charge in [0.05, 0.1) is 0 Å². The maximum atomic E-state index is 13.8. The highest BCUT2D eigenvalue weighted by Gasteiger charge is 2.32. The first kappa shape index (κ1) is 15.0. The Labute approximate surface area is 128 Å². The third-order valence-electron chi connectivity index (χ3n) is 5.59. The van der Waals surface area contributed by atoms with Crippen molar-refractivity contribution >= 4 is 0 Å². The van der Waals surface area contributed by atoms with Gasteiger partial charge < -0.3 is 5.32 Å². The van der Waals surface area contributed by atoms with Crippen LogP contribution in [0, 0.1) is 17.7 Å². The number of hydrogen-bond acceptors (Lipinski definition) is 1. The second-order valence-electron chi connectivity index (χ2n) is 6.93. The van der Waals surface area contributed by atoms with E-state index in [1.165, 1.54) is 57.8 Å². The molecule has 116 valence electrons. The van der Waals surface area contributed by atoms with E-state index in [0.29, 0.717) is 12.6 Å². The van der Waals surface area contributed by atoms with Crippen molar-refractivity contribution in [2.45, 2.75) is 70.4 Å². The van der Waals surface area contributed by atoms with E-state index in [-0.39, 0.29) is 5.82 Å². The molecule has 2 aliphatic rings. The topological polar surface area (TPSA) is 12.0 Å². The normalized spacial score (nSPS) is 27.7. The number of halogens is 1. The summed E-state index contributed by atoms with van der Waals surface area (Å²) in [6.45, 7) is 0.681. The van der Waals surface area contributed by atoms with E-state index >= 15 is 0 Å². The highest BCUT2D eigenvalue weighted by Crippen LogP contribution is 2.38.